The summed E-state index contributed by atoms with van der Waals surface area (Å²) in [4.78, 5) is 0. The van der Waals surface area contributed by atoms with Crippen LogP contribution in [0.3, 0.4) is 0 Å². The summed E-state index contributed by atoms with van der Waals surface area (Å²) in [7, 11) is 0. The maximum atomic E-state index is 12.2. The van der Waals surface area contributed by atoms with Crippen molar-refractivity contribution in [2.75, 3.05) is 6.54 Å². The molecule has 0 bridgehead atoms. The minimum atomic E-state index is -2.79. The SMILES string of the molecule is CCNCc1cc(Br)cc(C)c1OC(F)F. The third-order valence-corrected chi connectivity index (χ3v) is 2.55. The molecule has 0 amide bonds. The van der Waals surface area contributed by atoms with Crippen molar-refractivity contribution in [3.8, 4) is 5.75 Å². The number of aryl methyl sites for hydroxylation is 1. The van der Waals surface area contributed by atoms with E-state index in [9.17, 15) is 8.78 Å². The Morgan fingerprint density at radius 1 is 1.44 bits per heavy atom. The first-order valence-electron chi connectivity index (χ1n) is 4.99. The van der Waals surface area contributed by atoms with E-state index in [0.717, 1.165) is 16.6 Å². The number of hydrogen-bond donors (Lipinski definition) is 1. The Bertz CT molecular complexity index is 358. The molecule has 0 saturated carbocycles. The largest absolute Gasteiger partial charge is 0.434 e. The van der Waals surface area contributed by atoms with Crippen molar-refractivity contribution >= 4 is 15.9 Å². The van der Waals surface area contributed by atoms with E-state index in [-0.39, 0.29) is 5.75 Å². The van der Waals surface area contributed by atoms with Crippen molar-refractivity contribution in [1.29, 1.82) is 0 Å². The third kappa shape index (κ3) is 3.72. The van der Waals surface area contributed by atoms with Gasteiger partial charge in [-0.25, -0.2) is 0 Å². The van der Waals surface area contributed by atoms with Crippen molar-refractivity contribution in [1.82, 2.24) is 5.32 Å². The Balaban J connectivity index is 3.00. The molecular formula is C11H14BrF2NO. The summed E-state index contributed by atoms with van der Waals surface area (Å²) >= 11 is 3.33. The molecule has 0 spiro atoms. The molecule has 0 atom stereocenters. The smallest absolute Gasteiger partial charge is 0.387 e. The first-order valence-corrected chi connectivity index (χ1v) is 5.78. The van der Waals surface area contributed by atoms with E-state index in [0.29, 0.717) is 12.1 Å². The summed E-state index contributed by atoms with van der Waals surface area (Å²) in [6, 6.07) is 3.54. The zero-order chi connectivity index (χ0) is 12.1. The van der Waals surface area contributed by atoms with E-state index in [1.165, 1.54) is 0 Å². The molecule has 1 rings (SSSR count). The molecule has 0 fully saturated rings. The van der Waals surface area contributed by atoms with Gasteiger partial charge in [-0.1, -0.05) is 22.9 Å². The second-order valence-electron chi connectivity index (χ2n) is 3.37. The van der Waals surface area contributed by atoms with Gasteiger partial charge in [0.05, 0.1) is 0 Å². The molecule has 16 heavy (non-hydrogen) atoms. The summed E-state index contributed by atoms with van der Waals surface area (Å²) in [6.07, 6.45) is 0. The second kappa shape index (κ2) is 6.15. The van der Waals surface area contributed by atoms with Crippen LogP contribution in [0.25, 0.3) is 0 Å². The lowest BCUT2D eigenvalue weighted by atomic mass is 10.1. The van der Waals surface area contributed by atoms with Gasteiger partial charge in [-0.05, 0) is 31.2 Å². The number of ether oxygens (including phenoxy) is 1. The van der Waals surface area contributed by atoms with Crippen LogP contribution in [-0.2, 0) is 6.54 Å². The molecule has 0 heterocycles. The average Bonchev–Trinajstić information content (AvgIpc) is 2.19. The highest BCUT2D eigenvalue weighted by atomic mass is 79.9. The first kappa shape index (κ1) is 13.4. The van der Waals surface area contributed by atoms with E-state index in [1.807, 2.05) is 6.92 Å². The van der Waals surface area contributed by atoms with Crippen LogP contribution in [-0.4, -0.2) is 13.2 Å². The summed E-state index contributed by atoms with van der Waals surface area (Å²) in [5.41, 5.74) is 1.43. The summed E-state index contributed by atoms with van der Waals surface area (Å²) < 4.78 is 29.9. The molecule has 0 aromatic heterocycles. The highest BCUT2D eigenvalue weighted by molar-refractivity contribution is 9.10. The van der Waals surface area contributed by atoms with Crippen LogP contribution in [0.2, 0.25) is 0 Å². The van der Waals surface area contributed by atoms with E-state index in [2.05, 4.69) is 26.0 Å². The maximum Gasteiger partial charge on any atom is 0.387 e. The number of alkyl halides is 2. The zero-order valence-corrected chi connectivity index (χ0v) is 10.8. The molecule has 0 saturated heterocycles. The van der Waals surface area contributed by atoms with Crippen molar-refractivity contribution in [3.63, 3.8) is 0 Å². The van der Waals surface area contributed by atoms with Crippen LogP contribution in [0.5, 0.6) is 5.75 Å². The number of nitrogens with one attached hydrogen (secondary N) is 1. The van der Waals surface area contributed by atoms with Gasteiger partial charge < -0.3 is 10.1 Å². The van der Waals surface area contributed by atoms with Crippen molar-refractivity contribution < 1.29 is 13.5 Å². The number of hydrogen-bond acceptors (Lipinski definition) is 2. The van der Waals surface area contributed by atoms with Gasteiger partial charge in [0.1, 0.15) is 5.75 Å². The van der Waals surface area contributed by atoms with E-state index in [1.54, 1.807) is 19.1 Å². The maximum absolute atomic E-state index is 12.2. The van der Waals surface area contributed by atoms with Gasteiger partial charge >= 0.3 is 6.61 Å². The molecule has 0 radical (unpaired) electrons. The fraction of sp³-hybridized carbons (Fsp3) is 0.455. The fourth-order valence-electron chi connectivity index (χ4n) is 1.45. The van der Waals surface area contributed by atoms with E-state index in [4.69, 9.17) is 0 Å². The molecule has 0 aliphatic rings. The quantitative estimate of drug-likeness (QED) is 0.898. The van der Waals surface area contributed by atoms with Crippen LogP contribution in [0.15, 0.2) is 16.6 Å². The van der Waals surface area contributed by atoms with Crippen LogP contribution < -0.4 is 10.1 Å². The molecule has 0 unspecified atom stereocenters. The van der Waals surface area contributed by atoms with E-state index >= 15 is 0 Å². The van der Waals surface area contributed by atoms with Gasteiger partial charge in [0.15, 0.2) is 0 Å². The lowest BCUT2D eigenvalue weighted by molar-refractivity contribution is -0.0509. The standard InChI is InChI=1S/C11H14BrF2NO/c1-3-15-6-8-5-9(12)4-7(2)10(8)16-11(13)14/h4-5,11,15H,3,6H2,1-2H3. The molecule has 90 valence electrons. The van der Waals surface area contributed by atoms with Crippen molar-refractivity contribution in [2.24, 2.45) is 0 Å². The third-order valence-electron chi connectivity index (χ3n) is 2.09. The fourth-order valence-corrected chi connectivity index (χ4v) is 2.07. The Labute approximate surface area is 102 Å². The normalized spacial score (nSPS) is 10.9. The van der Waals surface area contributed by atoms with Crippen molar-refractivity contribution in [3.05, 3.63) is 27.7 Å². The predicted molar refractivity (Wildman–Crippen MR) is 62.9 cm³/mol. The monoisotopic (exact) mass is 293 g/mol. The number of halogens is 3. The van der Waals surface area contributed by atoms with Crippen molar-refractivity contribution in [2.45, 2.75) is 27.0 Å². The molecule has 2 nitrogen and oxygen atoms in total. The van der Waals surface area contributed by atoms with Crippen LogP contribution in [0.1, 0.15) is 18.1 Å². The van der Waals surface area contributed by atoms with Gasteiger partial charge in [0.2, 0.25) is 0 Å². The molecule has 0 aliphatic carbocycles. The average molecular weight is 294 g/mol. The molecule has 1 aromatic rings. The van der Waals surface area contributed by atoms with Gasteiger partial charge in [-0.3, -0.25) is 0 Å². The Morgan fingerprint density at radius 2 is 2.12 bits per heavy atom. The molecular weight excluding hydrogens is 280 g/mol. The lowest BCUT2D eigenvalue weighted by Crippen LogP contribution is -2.14. The van der Waals surface area contributed by atoms with E-state index < -0.39 is 6.61 Å². The van der Waals surface area contributed by atoms with Crippen LogP contribution >= 0.6 is 15.9 Å². The second-order valence-corrected chi connectivity index (χ2v) is 4.29. The van der Waals surface area contributed by atoms with Gasteiger partial charge in [-0.2, -0.15) is 8.78 Å². The van der Waals surface area contributed by atoms with Gasteiger partial charge in [0.25, 0.3) is 0 Å². The first-order chi connectivity index (χ1) is 7.54. The zero-order valence-electron chi connectivity index (χ0n) is 9.19. The topological polar surface area (TPSA) is 21.3 Å². The molecule has 0 aliphatic heterocycles. The minimum Gasteiger partial charge on any atom is -0.434 e. The van der Waals surface area contributed by atoms with Crippen LogP contribution in [0.4, 0.5) is 8.78 Å². The number of rotatable bonds is 5. The minimum absolute atomic E-state index is 0.263. The Kier molecular flexibility index (Phi) is 5.15. The highest BCUT2D eigenvalue weighted by Crippen LogP contribution is 2.29. The molecule has 1 aromatic carbocycles. The highest BCUT2D eigenvalue weighted by Gasteiger charge is 2.13. The Hall–Kier alpha value is -0.680. The van der Waals surface area contributed by atoms with Gasteiger partial charge in [0, 0.05) is 16.6 Å². The molecule has 1 N–H and O–H groups in total. The molecule has 5 heteroatoms. The predicted octanol–water partition coefficient (Wildman–Crippen LogP) is 3.47. The summed E-state index contributed by atoms with van der Waals surface area (Å²) in [6.45, 7) is 2.20. The summed E-state index contributed by atoms with van der Waals surface area (Å²) in [5.74, 6) is 0.263. The summed E-state index contributed by atoms with van der Waals surface area (Å²) in [5, 5.41) is 3.09. The lowest BCUT2D eigenvalue weighted by Gasteiger charge is -2.14. The van der Waals surface area contributed by atoms with Crippen LogP contribution in [0, 0.1) is 6.92 Å². The van der Waals surface area contributed by atoms with Gasteiger partial charge in [-0.15, -0.1) is 0 Å². The Morgan fingerprint density at radius 3 is 2.69 bits per heavy atom. The number of benzene rings is 1.